The van der Waals surface area contributed by atoms with Crippen LogP contribution in [0.25, 0.3) is 0 Å². The zero-order chi connectivity index (χ0) is 15.1. The molecule has 0 aliphatic rings. The van der Waals surface area contributed by atoms with Crippen LogP contribution in [0.2, 0.25) is 0 Å². The number of hydrogen-bond acceptors (Lipinski definition) is 4. The predicted molar refractivity (Wildman–Crippen MR) is 91.6 cm³/mol. The zero-order valence-corrected chi connectivity index (χ0v) is 15.1. The molecule has 0 aliphatic heterocycles. The van der Waals surface area contributed by atoms with E-state index in [4.69, 9.17) is 0 Å². The van der Waals surface area contributed by atoms with Gasteiger partial charge in [0.2, 0.25) is 5.91 Å². The van der Waals surface area contributed by atoms with E-state index in [0.717, 1.165) is 14.9 Å². The van der Waals surface area contributed by atoms with Crippen molar-refractivity contribution in [2.45, 2.75) is 30.0 Å². The van der Waals surface area contributed by atoms with Gasteiger partial charge in [-0.15, -0.1) is 11.8 Å². The van der Waals surface area contributed by atoms with Gasteiger partial charge in [0.15, 0.2) is 0 Å². The van der Waals surface area contributed by atoms with Crippen molar-refractivity contribution in [3.63, 3.8) is 0 Å². The summed E-state index contributed by atoms with van der Waals surface area (Å²) in [4.78, 5) is 13.0. The lowest BCUT2D eigenvalue weighted by Crippen LogP contribution is -2.42. The summed E-state index contributed by atoms with van der Waals surface area (Å²) in [7, 11) is 0. The Kier molecular flexibility index (Phi) is 8.02. The highest BCUT2D eigenvalue weighted by molar-refractivity contribution is 9.10. The van der Waals surface area contributed by atoms with Crippen LogP contribution in [0.1, 0.15) is 12.5 Å². The van der Waals surface area contributed by atoms with E-state index >= 15 is 0 Å². The molecule has 3 nitrogen and oxygen atoms in total. The molecule has 1 aromatic rings. The lowest BCUT2D eigenvalue weighted by atomic mass is 10.2. The monoisotopic (exact) mass is 377 g/mol. The van der Waals surface area contributed by atoms with Gasteiger partial charge in [0.25, 0.3) is 0 Å². The van der Waals surface area contributed by atoms with E-state index in [2.05, 4.69) is 21.2 Å². The van der Waals surface area contributed by atoms with Crippen molar-refractivity contribution in [3.05, 3.63) is 28.2 Å². The highest BCUT2D eigenvalue weighted by atomic mass is 79.9. The first-order chi connectivity index (χ1) is 9.47. The molecule has 0 heterocycles. The molecule has 6 heteroatoms. The zero-order valence-electron chi connectivity index (χ0n) is 11.9. The fourth-order valence-corrected chi connectivity index (χ4v) is 3.67. The molecule has 1 rings (SSSR count). The number of benzene rings is 1. The van der Waals surface area contributed by atoms with Crippen LogP contribution in [0.3, 0.4) is 0 Å². The summed E-state index contributed by atoms with van der Waals surface area (Å²) in [5.74, 6) is 0.386. The average Bonchev–Trinajstić information content (AvgIpc) is 2.39. The normalized spacial score (nSPS) is 13.8. The average molecular weight is 378 g/mol. The maximum absolute atomic E-state index is 11.9. The maximum Gasteiger partial charge on any atom is 0.230 e. The molecule has 2 atom stereocenters. The number of carbonyl (C=O) groups excluding carboxylic acids is 1. The minimum atomic E-state index is -0.0332. The summed E-state index contributed by atoms with van der Waals surface area (Å²) >= 11 is 6.52. The SMILES string of the molecule is CSC(CO)C(C)NC(=O)CSc1ccc(Br)cc1C. The molecule has 0 spiro atoms. The Bertz CT molecular complexity index is 453. The Hall–Kier alpha value is -0.170. The van der Waals surface area contributed by atoms with Gasteiger partial charge < -0.3 is 10.4 Å². The quantitative estimate of drug-likeness (QED) is 0.716. The van der Waals surface area contributed by atoms with E-state index in [1.807, 2.05) is 38.3 Å². The summed E-state index contributed by atoms with van der Waals surface area (Å²) in [6.45, 7) is 4.02. The Balaban J connectivity index is 2.47. The van der Waals surface area contributed by atoms with E-state index in [0.29, 0.717) is 5.75 Å². The fourth-order valence-electron chi connectivity index (χ4n) is 1.74. The van der Waals surface area contributed by atoms with E-state index in [1.54, 1.807) is 11.8 Å². The summed E-state index contributed by atoms with van der Waals surface area (Å²) in [6.07, 6.45) is 1.93. The number of nitrogens with one attached hydrogen (secondary N) is 1. The van der Waals surface area contributed by atoms with Gasteiger partial charge in [0.05, 0.1) is 12.4 Å². The van der Waals surface area contributed by atoms with Crippen LogP contribution in [0.15, 0.2) is 27.6 Å². The second-order valence-corrected chi connectivity index (χ2v) is 7.52. The number of halogens is 1. The smallest absolute Gasteiger partial charge is 0.230 e. The van der Waals surface area contributed by atoms with Crippen molar-refractivity contribution in [1.29, 1.82) is 0 Å². The topological polar surface area (TPSA) is 49.3 Å². The molecule has 20 heavy (non-hydrogen) atoms. The van der Waals surface area contributed by atoms with Crippen molar-refractivity contribution < 1.29 is 9.90 Å². The first-order valence-corrected chi connectivity index (χ1v) is 9.36. The molecule has 0 radical (unpaired) electrons. The van der Waals surface area contributed by atoms with Crippen molar-refractivity contribution in [3.8, 4) is 0 Å². The number of amides is 1. The lowest BCUT2D eigenvalue weighted by molar-refractivity contribution is -0.119. The highest BCUT2D eigenvalue weighted by Crippen LogP contribution is 2.25. The van der Waals surface area contributed by atoms with Gasteiger partial charge in [0.1, 0.15) is 0 Å². The van der Waals surface area contributed by atoms with Crippen LogP contribution >= 0.6 is 39.5 Å². The van der Waals surface area contributed by atoms with Crippen LogP contribution < -0.4 is 5.32 Å². The van der Waals surface area contributed by atoms with E-state index in [9.17, 15) is 9.90 Å². The Morgan fingerprint density at radius 2 is 2.20 bits per heavy atom. The van der Waals surface area contributed by atoms with Crippen LogP contribution in [0, 0.1) is 6.92 Å². The standard InChI is InChI=1S/C14H20BrNO2S2/c1-9-6-11(15)4-5-12(9)20-8-14(18)16-10(2)13(7-17)19-3/h4-6,10,13,17H,7-8H2,1-3H3,(H,16,18). The third-order valence-corrected chi connectivity index (χ3v) is 5.76. The van der Waals surface area contributed by atoms with Crippen molar-refractivity contribution in [1.82, 2.24) is 5.32 Å². The molecule has 1 aromatic carbocycles. The Morgan fingerprint density at radius 1 is 1.50 bits per heavy atom. The van der Waals surface area contributed by atoms with Gasteiger partial charge >= 0.3 is 0 Å². The second-order valence-electron chi connectivity index (χ2n) is 4.51. The summed E-state index contributed by atoms with van der Waals surface area (Å²) < 4.78 is 1.04. The molecule has 0 fully saturated rings. The van der Waals surface area contributed by atoms with Crippen molar-refractivity contribution in [2.24, 2.45) is 0 Å². The number of carbonyl (C=O) groups is 1. The Morgan fingerprint density at radius 3 is 2.75 bits per heavy atom. The Labute approximate surface area is 137 Å². The molecule has 112 valence electrons. The maximum atomic E-state index is 11.9. The summed E-state index contributed by atoms with van der Waals surface area (Å²) in [5, 5.41) is 12.2. The van der Waals surface area contributed by atoms with Crippen molar-refractivity contribution >= 4 is 45.4 Å². The van der Waals surface area contributed by atoms with Gasteiger partial charge in [-0.3, -0.25) is 4.79 Å². The van der Waals surface area contributed by atoms with Gasteiger partial charge in [-0.05, 0) is 43.9 Å². The van der Waals surface area contributed by atoms with Gasteiger partial charge in [-0.25, -0.2) is 0 Å². The van der Waals surface area contributed by atoms with Gasteiger partial charge in [0, 0.05) is 20.7 Å². The molecule has 2 N–H and O–H groups in total. The number of aliphatic hydroxyl groups excluding tert-OH is 1. The van der Waals surface area contributed by atoms with E-state index in [1.165, 1.54) is 11.8 Å². The molecule has 0 bridgehead atoms. The molecule has 2 unspecified atom stereocenters. The molecule has 0 saturated carbocycles. The number of rotatable bonds is 7. The lowest BCUT2D eigenvalue weighted by Gasteiger charge is -2.21. The molecule has 1 amide bonds. The van der Waals surface area contributed by atoms with Crippen LogP contribution in [-0.4, -0.2) is 40.9 Å². The largest absolute Gasteiger partial charge is 0.395 e. The first-order valence-electron chi connectivity index (χ1n) is 6.30. The minimum Gasteiger partial charge on any atom is -0.395 e. The number of aliphatic hydroxyl groups is 1. The third-order valence-electron chi connectivity index (χ3n) is 2.92. The minimum absolute atomic E-state index is 0.00248. The van der Waals surface area contributed by atoms with E-state index < -0.39 is 0 Å². The number of thioether (sulfide) groups is 2. The number of hydrogen-bond donors (Lipinski definition) is 2. The van der Waals surface area contributed by atoms with Gasteiger partial charge in [-0.1, -0.05) is 15.9 Å². The van der Waals surface area contributed by atoms with Crippen molar-refractivity contribution in [2.75, 3.05) is 18.6 Å². The molecule has 0 aliphatic carbocycles. The summed E-state index contributed by atoms with van der Waals surface area (Å²) in [6, 6.07) is 6.00. The van der Waals surface area contributed by atoms with E-state index in [-0.39, 0.29) is 23.8 Å². The second kappa shape index (κ2) is 8.97. The molecular formula is C14H20BrNO2S2. The van der Waals surface area contributed by atoms with Crippen LogP contribution in [-0.2, 0) is 4.79 Å². The molecular weight excluding hydrogens is 358 g/mol. The fraction of sp³-hybridized carbons (Fsp3) is 0.500. The summed E-state index contributed by atoms with van der Waals surface area (Å²) in [5.41, 5.74) is 1.16. The highest BCUT2D eigenvalue weighted by Gasteiger charge is 2.17. The number of aryl methyl sites for hydroxylation is 1. The molecule has 0 aromatic heterocycles. The van der Waals surface area contributed by atoms with Crippen LogP contribution in [0.5, 0.6) is 0 Å². The first kappa shape index (κ1) is 17.9. The van der Waals surface area contributed by atoms with Crippen LogP contribution in [0.4, 0.5) is 0 Å². The molecule has 0 saturated heterocycles. The third kappa shape index (κ3) is 5.68. The van der Waals surface area contributed by atoms with Gasteiger partial charge in [-0.2, -0.15) is 11.8 Å². The predicted octanol–water partition coefficient (Wildman–Crippen LogP) is 3.08.